The number of carboxylic acids is 1. The van der Waals surface area contributed by atoms with Gasteiger partial charge in [-0.1, -0.05) is 27.5 Å². The van der Waals surface area contributed by atoms with Gasteiger partial charge in [-0.15, -0.1) is 0 Å². The van der Waals surface area contributed by atoms with Crippen LogP contribution in [-0.2, 0) is 22.4 Å². The van der Waals surface area contributed by atoms with Crippen molar-refractivity contribution in [3.63, 3.8) is 0 Å². The molecule has 1 fully saturated rings. The summed E-state index contributed by atoms with van der Waals surface area (Å²) < 4.78 is 1.98. The summed E-state index contributed by atoms with van der Waals surface area (Å²) in [5, 5.41) is 11.4. The summed E-state index contributed by atoms with van der Waals surface area (Å²) in [5.74, 6) is -0.852. The van der Waals surface area contributed by atoms with Gasteiger partial charge in [-0.05, 0) is 88.8 Å². The SMILES string of the molecule is O=C([O-])CCC(=O)N1CCC(C2c3ncc(Br)cc3CCc3cc(Cl)cc(Br)c32)CC1.[Na+]. The summed E-state index contributed by atoms with van der Waals surface area (Å²) >= 11 is 13.7. The number of aliphatic carboxylic acids is 1. The second-order valence-electron chi connectivity index (χ2n) is 8.23. The summed E-state index contributed by atoms with van der Waals surface area (Å²) in [6, 6.07) is 6.18. The molecule has 164 valence electrons. The third-order valence-corrected chi connectivity index (χ3v) is 7.63. The van der Waals surface area contributed by atoms with E-state index in [2.05, 4.69) is 44.0 Å². The molecular formula is C23H22Br2ClN2NaO3. The molecule has 2 heterocycles. The molecule has 0 spiro atoms. The molecule has 1 atom stereocenters. The van der Waals surface area contributed by atoms with E-state index in [1.165, 1.54) is 16.7 Å². The first kappa shape index (κ1) is 26.2. The molecule has 1 saturated heterocycles. The first-order chi connectivity index (χ1) is 14.8. The standard InChI is InChI=1S/C23H23Br2ClN2O3.Na/c24-16-9-15-2-1-14-10-17(26)11-18(25)21(14)22(23(15)27-12-16)13-5-7-28(8-6-13)19(29)3-4-20(30)31;/h9-13,22H,1-8H2,(H,30,31);/q;+1/p-1. The van der Waals surface area contributed by atoms with E-state index in [1.54, 1.807) is 4.90 Å². The van der Waals surface area contributed by atoms with E-state index < -0.39 is 5.97 Å². The Morgan fingerprint density at radius 2 is 1.78 bits per heavy atom. The molecule has 32 heavy (non-hydrogen) atoms. The molecule has 1 aromatic carbocycles. The summed E-state index contributed by atoms with van der Waals surface area (Å²) in [6.07, 6.45) is 5.12. The minimum absolute atomic E-state index is 0. The fourth-order valence-corrected chi connectivity index (χ4v) is 6.38. The van der Waals surface area contributed by atoms with Crippen LogP contribution in [-0.4, -0.2) is 34.8 Å². The van der Waals surface area contributed by atoms with Crippen molar-refractivity contribution in [2.45, 2.75) is 44.4 Å². The first-order valence-electron chi connectivity index (χ1n) is 10.4. The summed E-state index contributed by atoms with van der Waals surface area (Å²) in [7, 11) is 0. The van der Waals surface area contributed by atoms with Gasteiger partial charge in [-0.2, -0.15) is 0 Å². The summed E-state index contributed by atoms with van der Waals surface area (Å²) in [6.45, 7) is 1.25. The number of carboxylic acid groups (broad SMARTS) is 1. The molecule has 9 heteroatoms. The molecule has 1 aliphatic carbocycles. The maximum Gasteiger partial charge on any atom is 1.00 e. The average Bonchev–Trinajstić information content (AvgIpc) is 2.89. The smallest absolute Gasteiger partial charge is 0.550 e. The molecule has 0 bridgehead atoms. The zero-order valence-corrected chi connectivity index (χ0v) is 23.8. The number of amides is 1. The molecule has 0 saturated carbocycles. The van der Waals surface area contributed by atoms with Crippen LogP contribution >= 0.6 is 43.5 Å². The van der Waals surface area contributed by atoms with E-state index in [-0.39, 0.29) is 54.2 Å². The van der Waals surface area contributed by atoms with Crippen LogP contribution in [0.5, 0.6) is 0 Å². The number of fused-ring (bicyclic) bond motifs is 2. The topological polar surface area (TPSA) is 73.3 Å². The molecule has 2 aliphatic rings. The number of hydrogen-bond acceptors (Lipinski definition) is 4. The predicted molar refractivity (Wildman–Crippen MR) is 124 cm³/mol. The van der Waals surface area contributed by atoms with E-state index in [0.29, 0.717) is 19.0 Å². The van der Waals surface area contributed by atoms with Crippen molar-refractivity contribution in [2.24, 2.45) is 5.92 Å². The largest absolute Gasteiger partial charge is 1.00 e. The Morgan fingerprint density at radius 1 is 1.09 bits per heavy atom. The van der Waals surface area contributed by atoms with Crippen molar-refractivity contribution in [1.29, 1.82) is 0 Å². The minimum atomic E-state index is -1.18. The zero-order chi connectivity index (χ0) is 22.1. The van der Waals surface area contributed by atoms with E-state index in [0.717, 1.165) is 45.3 Å². The van der Waals surface area contributed by atoms with Crippen LogP contribution in [0.2, 0.25) is 5.02 Å². The fraction of sp³-hybridized carbons (Fsp3) is 0.435. The van der Waals surface area contributed by atoms with Crippen LogP contribution < -0.4 is 34.7 Å². The second kappa shape index (κ2) is 11.3. The van der Waals surface area contributed by atoms with Gasteiger partial charge in [0.15, 0.2) is 0 Å². The van der Waals surface area contributed by atoms with Gasteiger partial charge >= 0.3 is 29.6 Å². The average molecular weight is 593 g/mol. The number of carbonyl (C=O) groups excluding carboxylic acids is 2. The van der Waals surface area contributed by atoms with E-state index in [4.69, 9.17) is 16.6 Å². The van der Waals surface area contributed by atoms with Crippen molar-refractivity contribution in [3.05, 3.63) is 60.7 Å². The van der Waals surface area contributed by atoms with E-state index in [1.807, 2.05) is 12.3 Å². The van der Waals surface area contributed by atoms with E-state index >= 15 is 0 Å². The Kier molecular flexibility index (Phi) is 9.26. The second-order valence-corrected chi connectivity index (χ2v) is 10.4. The van der Waals surface area contributed by atoms with Crippen molar-refractivity contribution >= 4 is 55.3 Å². The Balaban J connectivity index is 0.00000289. The Morgan fingerprint density at radius 3 is 2.47 bits per heavy atom. The summed E-state index contributed by atoms with van der Waals surface area (Å²) in [4.78, 5) is 29.7. The van der Waals surface area contributed by atoms with Gasteiger partial charge in [0.05, 0.1) is 5.69 Å². The van der Waals surface area contributed by atoms with Crippen LogP contribution in [0.1, 0.15) is 54.0 Å². The van der Waals surface area contributed by atoms with Gasteiger partial charge < -0.3 is 14.8 Å². The number of carbonyl (C=O) groups is 2. The van der Waals surface area contributed by atoms with Gasteiger partial charge in [0.25, 0.3) is 0 Å². The maximum absolute atomic E-state index is 12.4. The number of nitrogens with zero attached hydrogens (tertiary/aromatic N) is 2. The number of halogens is 3. The van der Waals surface area contributed by atoms with E-state index in [9.17, 15) is 14.7 Å². The molecule has 0 radical (unpaired) electrons. The number of benzene rings is 1. The number of piperidine rings is 1. The van der Waals surface area contributed by atoms with Gasteiger partial charge in [0.1, 0.15) is 0 Å². The molecule has 5 nitrogen and oxygen atoms in total. The molecular weight excluding hydrogens is 571 g/mol. The first-order valence-corrected chi connectivity index (χ1v) is 12.4. The number of pyridine rings is 1. The van der Waals surface area contributed by atoms with Crippen LogP contribution in [0.3, 0.4) is 0 Å². The molecule has 0 N–H and O–H groups in total. The fourth-order valence-electron chi connectivity index (χ4n) is 4.88. The monoisotopic (exact) mass is 590 g/mol. The number of hydrogen-bond donors (Lipinski definition) is 0. The Labute approximate surface area is 231 Å². The zero-order valence-electron chi connectivity index (χ0n) is 17.9. The number of aryl methyl sites for hydroxylation is 2. The maximum atomic E-state index is 12.4. The minimum Gasteiger partial charge on any atom is -0.550 e. The molecule has 2 aromatic rings. The van der Waals surface area contributed by atoms with Gasteiger partial charge in [-0.3, -0.25) is 9.78 Å². The van der Waals surface area contributed by atoms with Crippen LogP contribution in [0, 0.1) is 5.92 Å². The van der Waals surface area contributed by atoms with Crippen molar-refractivity contribution in [3.8, 4) is 0 Å². The number of aromatic nitrogens is 1. The van der Waals surface area contributed by atoms with Gasteiger partial charge in [-0.25, -0.2) is 0 Å². The summed E-state index contributed by atoms with van der Waals surface area (Å²) in [5.41, 5.74) is 4.84. The van der Waals surface area contributed by atoms with Crippen LogP contribution in [0.25, 0.3) is 0 Å². The number of likely N-dealkylation sites (tertiary alicyclic amines) is 1. The van der Waals surface area contributed by atoms with Crippen LogP contribution in [0.15, 0.2) is 33.3 Å². The van der Waals surface area contributed by atoms with Crippen molar-refractivity contribution in [2.75, 3.05) is 13.1 Å². The molecule has 1 amide bonds. The normalized spacial score (nSPS) is 18.2. The Hall–Kier alpha value is -0.440. The number of rotatable bonds is 4. The predicted octanol–water partition coefficient (Wildman–Crippen LogP) is 1.26. The quantitative estimate of drug-likeness (QED) is 0.502. The third kappa shape index (κ3) is 5.78. The van der Waals surface area contributed by atoms with Crippen molar-refractivity contribution in [1.82, 2.24) is 9.88 Å². The van der Waals surface area contributed by atoms with Gasteiger partial charge in [0.2, 0.25) is 5.91 Å². The third-order valence-electron chi connectivity index (χ3n) is 6.32. The molecule has 4 rings (SSSR count). The van der Waals surface area contributed by atoms with Crippen molar-refractivity contribution < 1.29 is 44.3 Å². The van der Waals surface area contributed by atoms with Crippen LogP contribution in [0.4, 0.5) is 0 Å². The van der Waals surface area contributed by atoms with Gasteiger partial charge in [0, 0.05) is 51.6 Å². The Bertz CT molecular complexity index is 1030. The molecule has 1 aromatic heterocycles. The molecule has 1 aliphatic heterocycles. The molecule has 1 unspecified atom stereocenters.